The summed E-state index contributed by atoms with van der Waals surface area (Å²) in [7, 11) is 0. The van der Waals surface area contributed by atoms with Crippen LogP contribution in [0.4, 0.5) is 13.9 Å². The van der Waals surface area contributed by atoms with Gasteiger partial charge in [0.15, 0.2) is 0 Å². The van der Waals surface area contributed by atoms with Gasteiger partial charge in [-0.3, -0.25) is 0 Å². The first kappa shape index (κ1) is 20.5. The monoisotopic (exact) mass is 438 g/mol. The number of nitrogens with two attached hydrogens (primary N) is 1. The summed E-state index contributed by atoms with van der Waals surface area (Å²) in [5.74, 6) is 0.892. The van der Waals surface area contributed by atoms with E-state index in [0.29, 0.717) is 21.8 Å². The van der Waals surface area contributed by atoms with Crippen LogP contribution in [0.2, 0.25) is 0 Å². The molecule has 0 spiro atoms. The van der Waals surface area contributed by atoms with E-state index in [9.17, 15) is 13.9 Å². The Morgan fingerprint density at radius 3 is 2.58 bits per heavy atom. The van der Waals surface area contributed by atoms with Gasteiger partial charge < -0.3 is 10.8 Å². The summed E-state index contributed by atoms with van der Waals surface area (Å²) in [6.07, 6.45) is 2.71. The molecular weight excluding hydrogens is 422 g/mol. The molecule has 1 aliphatic rings. The summed E-state index contributed by atoms with van der Waals surface area (Å²) >= 11 is 1.24. The van der Waals surface area contributed by atoms with Gasteiger partial charge >= 0.3 is 0 Å². The normalized spacial score (nSPS) is 14.6. The Morgan fingerprint density at radius 1 is 1.19 bits per heavy atom. The lowest BCUT2D eigenvalue weighted by molar-refractivity contribution is 0.0725. The number of hydrogen-bond acceptors (Lipinski definition) is 8. The van der Waals surface area contributed by atoms with Crippen molar-refractivity contribution in [1.29, 1.82) is 0 Å². The van der Waals surface area contributed by atoms with Crippen LogP contribution < -0.4 is 5.73 Å². The van der Waals surface area contributed by atoms with Crippen LogP contribution in [0, 0.1) is 11.6 Å². The van der Waals surface area contributed by atoms with E-state index in [-0.39, 0.29) is 17.7 Å². The molecule has 3 aromatic rings. The lowest BCUT2D eigenvalue weighted by Crippen LogP contribution is -2.40. The van der Waals surface area contributed by atoms with Crippen LogP contribution in [-0.2, 0) is 5.60 Å². The summed E-state index contributed by atoms with van der Waals surface area (Å²) in [6.45, 7) is 3.80. The van der Waals surface area contributed by atoms with Crippen LogP contribution in [0.1, 0.15) is 11.1 Å². The van der Waals surface area contributed by atoms with Crippen molar-refractivity contribution in [3.8, 4) is 10.6 Å². The highest BCUT2D eigenvalue weighted by Gasteiger charge is 2.38. The van der Waals surface area contributed by atoms with Crippen LogP contribution in [0.25, 0.3) is 16.1 Å². The number of β-amino-alcohol motifs (C(OH)–C–C–N with tert-alkyl or cyclic N) is 1. The highest BCUT2D eigenvalue weighted by Crippen LogP contribution is 2.38. The van der Waals surface area contributed by atoms with Gasteiger partial charge in [-0.2, -0.15) is 0 Å². The molecular formula is C21H16F2N6OS. The first-order valence-electron chi connectivity index (χ1n) is 9.02. The quantitative estimate of drug-likeness (QED) is 0.614. The number of hydrazone groups is 1. The van der Waals surface area contributed by atoms with Crippen molar-refractivity contribution in [3.05, 3.63) is 78.0 Å². The van der Waals surface area contributed by atoms with Gasteiger partial charge in [0.2, 0.25) is 5.13 Å². The maximum atomic E-state index is 14.7. The molecule has 7 nitrogen and oxygen atoms in total. The molecule has 0 aliphatic carbocycles. The molecule has 1 aliphatic heterocycles. The number of nitrogens with zero attached hydrogens (tertiary/aromatic N) is 5. The summed E-state index contributed by atoms with van der Waals surface area (Å²) in [5, 5.41) is 25.7. The average Bonchev–Trinajstić information content (AvgIpc) is 3.20. The second kappa shape index (κ2) is 8.19. The summed E-state index contributed by atoms with van der Waals surface area (Å²) < 4.78 is 28.2. The third kappa shape index (κ3) is 4.13. The molecule has 1 unspecified atom stereocenters. The van der Waals surface area contributed by atoms with E-state index in [4.69, 9.17) is 5.73 Å². The van der Waals surface area contributed by atoms with Crippen LogP contribution >= 0.6 is 11.3 Å². The van der Waals surface area contributed by atoms with Crippen LogP contribution in [0.5, 0.6) is 0 Å². The smallest absolute Gasteiger partial charge is 0.203 e. The second-order valence-electron chi connectivity index (χ2n) is 6.71. The molecule has 156 valence electrons. The van der Waals surface area contributed by atoms with Crippen LogP contribution in [-0.4, -0.2) is 39.1 Å². The maximum absolute atomic E-state index is 14.7. The molecule has 3 N–H and O–H groups in total. The molecule has 2 aromatic carbocycles. The van der Waals surface area contributed by atoms with Gasteiger partial charge in [0.1, 0.15) is 28.6 Å². The van der Waals surface area contributed by atoms with Crippen molar-refractivity contribution in [2.75, 3.05) is 12.3 Å². The fraction of sp³-hybridized carbons (Fsp3) is 0.0952. The maximum Gasteiger partial charge on any atom is 0.203 e. The first-order valence-corrected chi connectivity index (χ1v) is 9.83. The Bertz CT molecular complexity index is 1230. The van der Waals surface area contributed by atoms with E-state index in [2.05, 4.69) is 32.7 Å². The van der Waals surface area contributed by atoms with Gasteiger partial charge in [0.05, 0.1) is 12.7 Å². The van der Waals surface area contributed by atoms with Crippen LogP contribution in [0.3, 0.4) is 0 Å². The van der Waals surface area contributed by atoms with Crippen molar-refractivity contribution in [1.82, 2.24) is 15.2 Å². The minimum absolute atomic E-state index is 0.141. The second-order valence-corrected chi connectivity index (χ2v) is 7.72. The molecule has 0 radical (unpaired) electrons. The number of anilines is 1. The molecule has 10 heteroatoms. The zero-order valence-electron chi connectivity index (χ0n) is 16.0. The zero-order chi connectivity index (χ0) is 22.0. The highest BCUT2D eigenvalue weighted by atomic mass is 32.1. The molecule has 1 atom stereocenters. The van der Waals surface area contributed by atoms with Gasteiger partial charge in [-0.05, 0) is 23.3 Å². The lowest BCUT2D eigenvalue weighted by Gasteiger charge is -2.34. The van der Waals surface area contributed by atoms with E-state index in [1.807, 2.05) is 0 Å². The van der Waals surface area contributed by atoms with Crippen molar-refractivity contribution in [2.24, 2.45) is 10.1 Å². The molecule has 1 aromatic heterocycles. The van der Waals surface area contributed by atoms with Gasteiger partial charge in [0, 0.05) is 23.1 Å². The van der Waals surface area contributed by atoms with Crippen molar-refractivity contribution < 1.29 is 13.9 Å². The van der Waals surface area contributed by atoms with E-state index in [0.717, 1.165) is 11.6 Å². The fourth-order valence-corrected chi connectivity index (χ4v) is 3.77. The van der Waals surface area contributed by atoms with E-state index in [1.165, 1.54) is 35.0 Å². The van der Waals surface area contributed by atoms with Gasteiger partial charge in [-0.1, -0.05) is 42.2 Å². The molecule has 0 fully saturated rings. The predicted octanol–water partition coefficient (Wildman–Crippen LogP) is 3.41. The summed E-state index contributed by atoms with van der Waals surface area (Å²) in [4.78, 5) is 3.91. The third-order valence-electron chi connectivity index (χ3n) is 4.71. The third-order valence-corrected chi connectivity index (χ3v) is 5.51. The number of halogens is 2. The Balaban J connectivity index is 1.72. The van der Waals surface area contributed by atoms with Crippen molar-refractivity contribution >= 4 is 34.2 Å². The lowest BCUT2D eigenvalue weighted by atomic mass is 9.82. The van der Waals surface area contributed by atoms with Gasteiger partial charge in [-0.25, -0.2) is 18.8 Å². The van der Waals surface area contributed by atoms with Crippen molar-refractivity contribution in [3.63, 3.8) is 0 Å². The number of aliphatic imine (C=N–C) groups is 1. The number of aromatic nitrogens is 2. The molecule has 0 bridgehead atoms. The Kier molecular flexibility index (Phi) is 5.43. The fourth-order valence-electron chi connectivity index (χ4n) is 3.15. The molecule has 2 heterocycles. The Hall–Kier alpha value is -3.72. The number of hydrogen-bond donors (Lipinski definition) is 2. The van der Waals surface area contributed by atoms with E-state index < -0.39 is 17.2 Å². The predicted molar refractivity (Wildman–Crippen MR) is 116 cm³/mol. The summed E-state index contributed by atoms with van der Waals surface area (Å²) in [5.41, 5.74) is 5.06. The Labute approximate surface area is 180 Å². The van der Waals surface area contributed by atoms with Crippen LogP contribution in [0.15, 0.2) is 65.3 Å². The summed E-state index contributed by atoms with van der Waals surface area (Å²) in [6, 6.07) is 9.95. The highest BCUT2D eigenvalue weighted by molar-refractivity contribution is 7.18. The standard InChI is InChI=1S/C21H16F2N6OS/c1-13(14-2-4-15(5-3-14)19-27-28-20(24)31-19)21(30,11-29-12-25-8-9-26-29)17-7-6-16(22)10-18(17)23/h2-8,10,12,30H,1,11H2,(H2,24,28). The van der Waals surface area contributed by atoms with Gasteiger partial charge in [-0.15, -0.1) is 15.3 Å². The largest absolute Gasteiger partial charge is 0.378 e. The molecule has 0 saturated carbocycles. The van der Waals surface area contributed by atoms with E-state index >= 15 is 0 Å². The van der Waals surface area contributed by atoms with E-state index in [1.54, 1.807) is 24.3 Å². The number of nitrogen functional groups attached to an aromatic ring is 1. The number of rotatable bonds is 6. The molecule has 31 heavy (non-hydrogen) atoms. The first-order chi connectivity index (χ1) is 14.9. The molecule has 0 amide bonds. The van der Waals surface area contributed by atoms with Crippen molar-refractivity contribution in [2.45, 2.75) is 5.60 Å². The Morgan fingerprint density at radius 2 is 1.97 bits per heavy atom. The SMILES string of the molecule is C=C(c1ccc(-c2nnc(N)s2)cc1)C(O)(CN1C=NC=C=N1)c1ccc(F)cc1F. The zero-order valence-corrected chi connectivity index (χ0v) is 16.9. The minimum atomic E-state index is -1.94. The topological polar surface area (TPSA) is 100.0 Å². The van der Waals surface area contributed by atoms with Gasteiger partial charge in [0.25, 0.3) is 0 Å². The average molecular weight is 438 g/mol. The number of benzene rings is 2. The minimum Gasteiger partial charge on any atom is -0.378 e. The number of aliphatic hydroxyl groups is 1. The molecule has 0 saturated heterocycles. The molecule has 4 rings (SSSR count).